The average Bonchev–Trinajstić information content (AvgIpc) is 2.42. The monoisotopic (exact) mass is 348 g/mol. The number of benzene rings is 2. The van der Waals surface area contributed by atoms with Crippen LogP contribution in [0.3, 0.4) is 0 Å². The van der Waals surface area contributed by atoms with Gasteiger partial charge in [-0.05, 0) is 42.5 Å². The van der Waals surface area contributed by atoms with E-state index in [4.69, 9.17) is 23.8 Å². The van der Waals surface area contributed by atoms with E-state index in [1.807, 2.05) is 0 Å². The number of halogens is 5. The molecule has 0 aliphatic carbocycles. The molecule has 0 bridgehead atoms. The summed E-state index contributed by atoms with van der Waals surface area (Å²) in [5.41, 5.74) is -0.790. The Labute approximate surface area is 134 Å². The maximum Gasteiger partial charge on any atom is 0.416 e. The van der Waals surface area contributed by atoms with Crippen molar-refractivity contribution in [1.82, 2.24) is 0 Å². The molecule has 0 fully saturated rings. The number of anilines is 2. The second-order valence-corrected chi connectivity index (χ2v) is 5.07. The molecule has 116 valence electrons. The van der Waals surface area contributed by atoms with Crippen LogP contribution in [-0.4, -0.2) is 5.11 Å². The Morgan fingerprint density at radius 2 is 1.64 bits per heavy atom. The highest BCUT2D eigenvalue weighted by atomic mass is 35.5. The minimum Gasteiger partial charge on any atom is -0.331 e. The first kappa shape index (κ1) is 16.5. The summed E-state index contributed by atoms with van der Waals surface area (Å²) in [7, 11) is 0. The Morgan fingerprint density at radius 3 is 2.27 bits per heavy atom. The fourth-order valence-corrected chi connectivity index (χ4v) is 2.02. The van der Waals surface area contributed by atoms with E-state index in [0.717, 1.165) is 18.2 Å². The van der Waals surface area contributed by atoms with Crippen LogP contribution in [0.1, 0.15) is 5.56 Å². The first-order chi connectivity index (χ1) is 10.3. The Balaban J connectivity index is 2.17. The van der Waals surface area contributed by atoms with Crippen LogP contribution in [0.25, 0.3) is 0 Å². The van der Waals surface area contributed by atoms with Crippen molar-refractivity contribution in [3.8, 4) is 0 Å². The minimum atomic E-state index is -4.50. The highest BCUT2D eigenvalue weighted by Crippen LogP contribution is 2.33. The van der Waals surface area contributed by atoms with Crippen LogP contribution in [0.15, 0.2) is 42.5 Å². The van der Waals surface area contributed by atoms with E-state index in [1.54, 1.807) is 6.07 Å². The van der Waals surface area contributed by atoms with Gasteiger partial charge in [-0.3, -0.25) is 0 Å². The first-order valence-corrected chi connectivity index (χ1v) is 6.75. The topological polar surface area (TPSA) is 24.1 Å². The summed E-state index contributed by atoms with van der Waals surface area (Å²) >= 11 is 10.8. The standard InChI is InChI=1S/C14H9ClF4N2S/c15-9-6-5-8(14(17,18)19)7-12(9)21-13(22)20-11-4-2-1-3-10(11)16/h1-7H,(H2,20,21,22). The molecule has 0 atom stereocenters. The van der Waals surface area contributed by atoms with E-state index in [-0.39, 0.29) is 21.5 Å². The zero-order valence-electron chi connectivity index (χ0n) is 10.8. The summed E-state index contributed by atoms with van der Waals surface area (Å²) < 4.78 is 51.5. The number of hydrogen-bond acceptors (Lipinski definition) is 1. The fourth-order valence-electron chi connectivity index (χ4n) is 1.64. The van der Waals surface area contributed by atoms with E-state index >= 15 is 0 Å². The number of nitrogens with one attached hydrogen (secondary N) is 2. The average molecular weight is 349 g/mol. The summed E-state index contributed by atoms with van der Waals surface area (Å²) in [6.45, 7) is 0. The van der Waals surface area contributed by atoms with Crippen LogP contribution in [0.2, 0.25) is 5.02 Å². The van der Waals surface area contributed by atoms with Crippen LogP contribution < -0.4 is 10.6 Å². The van der Waals surface area contributed by atoms with Gasteiger partial charge >= 0.3 is 6.18 Å². The van der Waals surface area contributed by atoms with E-state index in [9.17, 15) is 17.6 Å². The Kier molecular flexibility index (Phi) is 4.87. The van der Waals surface area contributed by atoms with Gasteiger partial charge in [0.05, 0.1) is 22.0 Å². The lowest BCUT2D eigenvalue weighted by Gasteiger charge is -2.14. The summed E-state index contributed by atoms with van der Waals surface area (Å²) in [6.07, 6.45) is -4.50. The Hall–Kier alpha value is -1.86. The van der Waals surface area contributed by atoms with Crippen LogP contribution in [0, 0.1) is 5.82 Å². The molecule has 0 amide bonds. The molecule has 0 aliphatic rings. The molecule has 0 spiro atoms. The van der Waals surface area contributed by atoms with Crippen LogP contribution in [-0.2, 0) is 6.18 Å². The molecule has 2 aromatic carbocycles. The van der Waals surface area contributed by atoms with Gasteiger partial charge in [0, 0.05) is 0 Å². The van der Waals surface area contributed by atoms with Crippen molar-refractivity contribution in [3.63, 3.8) is 0 Å². The summed E-state index contributed by atoms with van der Waals surface area (Å²) in [6, 6.07) is 8.56. The lowest BCUT2D eigenvalue weighted by atomic mass is 10.2. The number of rotatable bonds is 2. The molecule has 2 nitrogen and oxygen atoms in total. The number of alkyl halides is 3. The van der Waals surface area contributed by atoms with Crippen molar-refractivity contribution in [3.05, 3.63) is 58.9 Å². The summed E-state index contributed by atoms with van der Waals surface area (Å²) in [5.74, 6) is -0.540. The predicted molar refractivity (Wildman–Crippen MR) is 82.7 cm³/mol. The molecule has 2 aromatic rings. The highest BCUT2D eigenvalue weighted by molar-refractivity contribution is 7.80. The molecule has 2 rings (SSSR count). The van der Waals surface area contributed by atoms with Crippen molar-refractivity contribution in [1.29, 1.82) is 0 Å². The minimum absolute atomic E-state index is 0.0228. The van der Waals surface area contributed by atoms with E-state index in [0.29, 0.717) is 0 Å². The maximum atomic E-state index is 13.5. The first-order valence-electron chi connectivity index (χ1n) is 5.96. The number of hydrogen-bond donors (Lipinski definition) is 2. The smallest absolute Gasteiger partial charge is 0.331 e. The zero-order valence-corrected chi connectivity index (χ0v) is 12.4. The maximum absolute atomic E-state index is 13.5. The third kappa shape index (κ3) is 4.08. The van der Waals surface area contributed by atoms with Crippen LogP contribution >= 0.6 is 23.8 Å². The van der Waals surface area contributed by atoms with Gasteiger partial charge in [0.15, 0.2) is 5.11 Å². The molecule has 0 radical (unpaired) electrons. The van der Waals surface area contributed by atoms with Gasteiger partial charge in [-0.15, -0.1) is 0 Å². The molecule has 0 saturated carbocycles. The second-order valence-electron chi connectivity index (χ2n) is 4.25. The van der Waals surface area contributed by atoms with E-state index < -0.39 is 17.6 Å². The zero-order chi connectivity index (χ0) is 16.3. The molecular formula is C14H9ClF4N2S. The molecule has 22 heavy (non-hydrogen) atoms. The molecule has 0 unspecified atom stereocenters. The molecule has 8 heteroatoms. The Bertz CT molecular complexity index is 703. The molecule has 0 saturated heterocycles. The van der Waals surface area contributed by atoms with E-state index in [2.05, 4.69) is 10.6 Å². The predicted octanol–water partition coefficient (Wildman–Crippen LogP) is 5.31. The fraction of sp³-hybridized carbons (Fsp3) is 0.0714. The normalized spacial score (nSPS) is 11.1. The second kappa shape index (κ2) is 6.50. The van der Waals surface area contributed by atoms with Crippen molar-refractivity contribution >= 4 is 40.3 Å². The molecule has 0 aliphatic heterocycles. The van der Waals surface area contributed by atoms with Crippen molar-refractivity contribution in [2.24, 2.45) is 0 Å². The van der Waals surface area contributed by atoms with Crippen LogP contribution in [0.5, 0.6) is 0 Å². The van der Waals surface area contributed by atoms with Crippen molar-refractivity contribution in [2.45, 2.75) is 6.18 Å². The Morgan fingerprint density at radius 1 is 1.00 bits per heavy atom. The van der Waals surface area contributed by atoms with Gasteiger partial charge in [0.25, 0.3) is 0 Å². The molecular weight excluding hydrogens is 340 g/mol. The van der Waals surface area contributed by atoms with E-state index in [1.165, 1.54) is 18.2 Å². The molecule has 0 heterocycles. The van der Waals surface area contributed by atoms with Crippen LogP contribution in [0.4, 0.5) is 28.9 Å². The highest BCUT2D eigenvalue weighted by Gasteiger charge is 2.31. The SMILES string of the molecule is Fc1ccccc1NC(=S)Nc1cc(C(F)(F)F)ccc1Cl. The molecule has 2 N–H and O–H groups in total. The van der Waals surface area contributed by atoms with Gasteiger partial charge in [0.2, 0.25) is 0 Å². The van der Waals surface area contributed by atoms with Gasteiger partial charge in [-0.25, -0.2) is 4.39 Å². The van der Waals surface area contributed by atoms with Crippen molar-refractivity contribution < 1.29 is 17.6 Å². The quantitative estimate of drug-likeness (QED) is 0.568. The number of thiocarbonyl (C=S) groups is 1. The largest absolute Gasteiger partial charge is 0.416 e. The van der Waals surface area contributed by atoms with Gasteiger partial charge in [0.1, 0.15) is 5.82 Å². The summed E-state index contributed by atoms with van der Waals surface area (Å²) in [5, 5.41) is 5.05. The van der Waals surface area contributed by atoms with Gasteiger partial charge < -0.3 is 10.6 Å². The van der Waals surface area contributed by atoms with Crippen molar-refractivity contribution in [2.75, 3.05) is 10.6 Å². The third-order valence-electron chi connectivity index (χ3n) is 2.66. The summed E-state index contributed by atoms with van der Waals surface area (Å²) in [4.78, 5) is 0. The van der Waals surface area contributed by atoms with Gasteiger partial charge in [-0.2, -0.15) is 13.2 Å². The number of para-hydroxylation sites is 1. The molecule has 0 aromatic heterocycles. The lowest BCUT2D eigenvalue weighted by molar-refractivity contribution is -0.137. The van der Waals surface area contributed by atoms with Gasteiger partial charge in [-0.1, -0.05) is 23.7 Å². The third-order valence-corrected chi connectivity index (χ3v) is 3.20. The lowest BCUT2D eigenvalue weighted by Crippen LogP contribution is -2.20.